The fraction of sp³-hybridized carbons (Fsp3) is 0.250. The molecule has 182 valence electrons. The number of carboxylic acid groups (broad SMARTS) is 1. The smallest absolute Gasteiger partial charge is 0.332 e. The highest BCUT2D eigenvalue weighted by molar-refractivity contribution is 5.95. The minimum Gasteiger partial charge on any atom is -0.478 e. The zero-order chi connectivity index (χ0) is 25.2. The van der Waals surface area contributed by atoms with Gasteiger partial charge in [0.1, 0.15) is 5.84 Å². The maximum absolute atomic E-state index is 12.9. The first-order valence-electron chi connectivity index (χ1n) is 11.9. The Balaban J connectivity index is 1.26. The van der Waals surface area contributed by atoms with Crippen LogP contribution in [0.4, 0.5) is 0 Å². The van der Waals surface area contributed by atoms with Crippen LogP contribution in [-0.2, 0) is 11.2 Å². The molecule has 0 spiro atoms. The Hall–Kier alpha value is -4.33. The van der Waals surface area contributed by atoms with Crippen molar-refractivity contribution in [2.45, 2.75) is 13.3 Å². The second-order valence-electron chi connectivity index (χ2n) is 9.33. The summed E-state index contributed by atoms with van der Waals surface area (Å²) in [4.78, 5) is 37.6. The number of amidine groups is 1. The standard InChI is InChI=1S/C28H27N5O3/c1-16-8-21-10-18(12-24(28(35)36)25(21)15-32-16)11-22-13-20(5-6-30-22)27(34)33-14-17-2-3-23-19(9-17)4-7-31-26(23)29/h2-10,12-13,15,19,21,23,25H,11,14H2,1H3,(H2,29,31)(H,33,34)(H,35,36). The van der Waals surface area contributed by atoms with Gasteiger partial charge in [-0.15, -0.1) is 0 Å². The summed E-state index contributed by atoms with van der Waals surface area (Å²) in [6.45, 7) is 2.29. The van der Waals surface area contributed by atoms with Crippen LogP contribution in [0.2, 0.25) is 0 Å². The minimum atomic E-state index is -0.952. The normalized spacial score (nSPS) is 26.0. The SMILES string of the molecule is CC1=CC2C=C(Cc3cc(C(=O)NCC4=CC5C=CN=C(N)C5C=C4)ccn3)C=C(C(=O)O)C2C=N1. The molecule has 1 aromatic rings. The van der Waals surface area contributed by atoms with E-state index < -0.39 is 5.97 Å². The number of pyridine rings is 1. The molecule has 8 nitrogen and oxygen atoms in total. The monoisotopic (exact) mass is 481 g/mol. The topological polar surface area (TPSA) is 130 Å². The summed E-state index contributed by atoms with van der Waals surface area (Å²) >= 11 is 0. The average Bonchev–Trinajstić information content (AvgIpc) is 2.86. The molecule has 4 aliphatic rings. The Bertz CT molecular complexity index is 1360. The van der Waals surface area contributed by atoms with Gasteiger partial charge in [0, 0.05) is 77.8 Å². The Morgan fingerprint density at radius 1 is 1.11 bits per heavy atom. The number of nitrogens with one attached hydrogen (secondary N) is 1. The number of hydrogen-bond donors (Lipinski definition) is 3. The third-order valence-electron chi connectivity index (χ3n) is 6.77. The lowest BCUT2D eigenvalue weighted by atomic mass is 9.78. The summed E-state index contributed by atoms with van der Waals surface area (Å²) in [7, 11) is 0. The highest BCUT2D eigenvalue weighted by atomic mass is 16.4. The maximum Gasteiger partial charge on any atom is 0.332 e. The van der Waals surface area contributed by atoms with E-state index in [0.29, 0.717) is 35.6 Å². The molecular formula is C28H27N5O3. The van der Waals surface area contributed by atoms with Gasteiger partial charge in [-0.25, -0.2) is 9.79 Å². The first kappa shape index (κ1) is 23.4. The van der Waals surface area contributed by atoms with Crippen molar-refractivity contribution < 1.29 is 14.7 Å². The van der Waals surface area contributed by atoms with Gasteiger partial charge >= 0.3 is 5.97 Å². The van der Waals surface area contributed by atoms with Gasteiger partial charge in [-0.2, -0.15) is 0 Å². The largest absolute Gasteiger partial charge is 0.478 e. The number of aromatic nitrogens is 1. The number of aliphatic carboxylic acids is 1. The van der Waals surface area contributed by atoms with E-state index in [-0.39, 0.29) is 29.6 Å². The highest BCUT2D eigenvalue weighted by Gasteiger charge is 2.31. The molecule has 0 saturated carbocycles. The molecule has 4 N–H and O–H groups in total. The molecule has 4 unspecified atom stereocenters. The fourth-order valence-corrected chi connectivity index (χ4v) is 4.94. The van der Waals surface area contributed by atoms with Crippen LogP contribution in [0.5, 0.6) is 0 Å². The van der Waals surface area contributed by atoms with Gasteiger partial charge in [0.2, 0.25) is 0 Å². The number of aliphatic imine (C=N–C) groups is 2. The van der Waals surface area contributed by atoms with Crippen LogP contribution in [0.1, 0.15) is 23.0 Å². The van der Waals surface area contributed by atoms with E-state index >= 15 is 0 Å². The van der Waals surface area contributed by atoms with Gasteiger partial charge in [-0.05, 0) is 36.3 Å². The first-order chi connectivity index (χ1) is 17.4. The molecule has 2 aliphatic carbocycles. The highest BCUT2D eigenvalue weighted by Crippen LogP contribution is 2.34. The molecular weight excluding hydrogens is 454 g/mol. The quantitative estimate of drug-likeness (QED) is 0.575. The van der Waals surface area contributed by atoms with Crippen LogP contribution < -0.4 is 11.1 Å². The Morgan fingerprint density at radius 2 is 1.94 bits per heavy atom. The molecule has 5 rings (SSSR count). The predicted octanol–water partition coefficient (Wildman–Crippen LogP) is 3.14. The van der Waals surface area contributed by atoms with E-state index in [1.165, 1.54) is 0 Å². The second kappa shape index (κ2) is 9.73. The van der Waals surface area contributed by atoms with Crippen LogP contribution >= 0.6 is 0 Å². The summed E-state index contributed by atoms with van der Waals surface area (Å²) in [6.07, 6.45) is 19.3. The van der Waals surface area contributed by atoms with Crippen molar-refractivity contribution in [3.05, 3.63) is 101 Å². The van der Waals surface area contributed by atoms with E-state index in [1.54, 1.807) is 36.8 Å². The number of amides is 1. The molecule has 0 aromatic carbocycles. The van der Waals surface area contributed by atoms with Gasteiger partial charge < -0.3 is 16.2 Å². The molecule has 0 saturated heterocycles. The lowest BCUT2D eigenvalue weighted by Crippen LogP contribution is -2.32. The third-order valence-corrected chi connectivity index (χ3v) is 6.77. The molecule has 8 heteroatoms. The van der Waals surface area contributed by atoms with Crippen LogP contribution in [0.15, 0.2) is 99.5 Å². The van der Waals surface area contributed by atoms with Crippen molar-refractivity contribution in [2.75, 3.05) is 6.54 Å². The number of carbonyl (C=O) groups excluding carboxylic acids is 1. The molecule has 0 fully saturated rings. The third kappa shape index (κ3) is 4.88. The lowest BCUT2D eigenvalue weighted by molar-refractivity contribution is -0.133. The van der Waals surface area contributed by atoms with Crippen molar-refractivity contribution in [1.29, 1.82) is 0 Å². The fourth-order valence-electron chi connectivity index (χ4n) is 4.94. The van der Waals surface area contributed by atoms with E-state index in [2.05, 4.69) is 32.4 Å². The van der Waals surface area contributed by atoms with Gasteiger partial charge in [-0.1, -0.05) is 36.5 Å². The van der Waals surface area contributed by atoms with Crippen molar-refractivity contribution in [1.82, 2.24) is 10.3 Å². The van der Waals surface area contributed by atoms with E-state index in [9.17, 15) is 14.7 Å². The van der Waals surface area contributed by atoms with Crippen LogP contribution in [0, 0.1) is 23.7 Å². The number of allylic oxidation sites excluding steroid dienone is 7. The van der Waals surface area contributed by atoms with E-state index in [4.69, 9.17) is 5.73 Å². The maximum atomic E-state index is 12.9. The zero-order valence-corrected chi connectivity index (χ0v) is 19.8. The lowest BCUT2D eigenvalue weighted by Gasteiger charge is -2.27. The van der Waals surface area contributed by atoms with Gasteiger partial charge in [0.05, 0.1) is 0 Å². The summed E-state index contributed by atoms with van der Waals surface area (Å²) in [5.41, 5.74) is 10.2. The number of rotatable bonds is 6. The minimum absolute atomic E-state index is 0.0582. The predicted molar refractivity (Wildman–Crippen MR) is 138 cm³/mol. The van der Waals surface area contributed by atoms with Gasteiger partial charge in [-0.3, -0.25) is 14.8 Å². The molecule has 0 bridgehead atoms. The molecule has 4 atom stereocenters. The molecule has 0 radical (unpaired) electrons. The average molecular weight is 482 g/mol. The number of fused-ring (bicyclic) bond motifs is 2. The molecule has 1 amide bonds. The first-order valence-corrected chi connectivity index (χ1v) is 11.9. The summed E-state index contributed by atoms with van der Waals surface area (Å²) in [5.74, 6) is -0.669. The number of hydrogen-bond acceptors (Lipinski definition) is 6. The van der Waals surface area contributed by atoms with E-state index in [1.807, 2.05) is 31.2 Å². The number of nitrogens with zero attached hydrogens (tertiary/aromatic N) is 3. The van der Waals surface area contributed by atoms with E-state index in [0.717, 1.165) is 16.8 Å². The summed E-state index contributed by atoms with van der Waals surface area (Å²) < 4.78 is 0. The molecule has 36 heavy (non-hydrogen) atoms. The molecule has 2 aliphatic heterocycles. The van der Waals surface area contributed by atoms with Crippen LogP contribution in [-0.4, -0.2) is 40.6 Å². The number of carboxylic acids is 1. The van der Waals surface area contributed by atoms with Crippen molar-refractivity contribution in [3.8, 4) is 0 Å². The Kier molecular flexibility index (Phi) is 6.33. The van der Waals surface area contributed by atoms with Crippen molar-refractivity contribution in [3.63, 3.8) is 0 Å². The Labute approximate surface area is 209 Å². The van der Waals surface area contributed by atoms with Gasteiger partial charge in [0.25, 0.3) is 5.91 Å². The van der Waals surface area contributed by atoms with Crippen LogP contribution in [0.25, 0.3) is 0 Å². The summed E-state index contributed by atoms with van der Waals surface area (Å²) in [5, 5.41) is 12.7. The van der Waals surface area contributed by atoms with Crippen molar-refractivity contribution in [2.24, 2.45) is 39.4 Å². The van der Waals surface area contributed by atoms with Gasteiger partial charge in [0.15, 0.2) is 0 Å². The number of carbonyl (C=O) groups is 2. The molecule has 1 aromatic heterocycles. The van der Waals surface area contributed by atoms with Crippen LogP contribution in [0.3, 0.4) is 0 Å². The summed E-state index contributed by atoms with van der Waals surface area (Å²) in [6, 6.07) is 3.43. The zero-order valence-electron chi connectivity index (χ0n) is 19.8. The van der Waals surface area contributed by atoms with Crippen molar-refractivity contribution >= 4 is 23.9 Å². The Morgan fingerprint density at radius 3 is 2.78 bits per heavy atom. The second-order valence-corrected chi connectivity index (χ2v) is 9.33. The number of nitrogens with two attached hydrogens (primary N) is 1. The molecule has 3 heterocycles.